The van der Waals surface area contributed by atoms with Crippen molar-refractivity contribution in [3.8, 4) is 18.1 Å². The summed E-state index contributed by atoms with van der Waals surface area (Å²) in [5.74, 6) is 3.36. The van der Waals surface area contributed by atoms with Gasteiger partial charge in [-0.1, -0.05) is 44.2 Å². The van der Waals surface area contributed by atoms with Gasteiger partial charge in [-0.25, -0.2) is 0 Å². The van der Waals surface area contributed by atoms with Crippen LogP contribution in [0.4, 0.5) is 0 Å². The first-order valence-corrected chi connectivity index (χ1v) is 14.1. The van der Waals surface area contributed by atoms with E-state index in [1.807, 2.05) is 56.3 Å². The number of benzene rings is 2. The zero-order valence-corrected chi connectivity index (χ0v) is 22.9. The fourth-order valence-corrected chi connectivity index (χ4v) is 6.28. The van der Waals surface area contributed by atoms with E-state index in [2.05, 4.69) is 16.6 Å². The van der Waals surface area contributed by atoms with Crippen LogP contribution in [0, 0.1) is 17.8 Å². The Balaban J connectivity index is 1.39. The number of para-hydroxylation sites is 1. The maximum atomic E-state index is 13.6. The topological polar surface area (TPSA) is 94.5 Å². The van der Waals surface area contributed by atoms with Gasteiger partial charge in [-0.15, -0.1) is 12.3 Å². The zero-order chi connectivity index (χ0) is 27.6. The summed E-state index contributed by atoms with van der Waals surface area (Å²) in [6.45, 7) is 4.07. The Labute approximate surface area is 231 Å². The zero-order valence-electron chi connectivity index (χ0n) is 22.9. The number of nitrogens with one attached hydrogen (secondary N) is 3. The summed E-state index contributed by atoms with van der Waals surface area (Å²) in [4.78, 5) is 28.5. The van der Waals surface area contributed by atoms with Gasteiger partial charge in [-0.3, -0.25) is 19.9 Å². The first-order valence-electron chi connectivity index (χ1n) is 14.1. The fraction of sp³-hybridized carbons (Fsp3) is 0.469. The predicted molar refractivity (Wildman–Crippen MR) is 151 cm³/mol. The highest BCUT2D eigenvalue weighted by atomic mass is 16.5. The highest BCUT2D eigenvalue weighted by Gasteiger charge is 2.46. The van der Waals surface area contributed by atoms with E-state index in [-0.39, 0.29) is 29.4 Å². The summed E-state index contributed by atoms with van der Waals surface area (Å²) in [5.41, 5.74) is 1.72. The number of rotatable bonds is 8. The molecule has 1 aliphatic carbocycles. The Morgan fingerprint density at radius 1 is 1.23 bits per heavy atom. The van der Waals surface area contributed by atoms with E-state index in [1.54, 1.807) is 6.07 Å². The molecule has 3 aliphatic rings. The van der Waals surface area contributed by atoms with Crippen molar-refractivity contribution in [2.45, 2.75) is 94.9 Å². The van der Waals surface area contributed by atoms with Gasteiger partial charge in [-0.05, 0) is 62.3 Å². The summed E-state index contributed by atoms with van der Waals surface area (Å²) in [6, 6.07) is 14.7. The Morgan fingerprint density at radius 3 is 2.67 bits per heavy atom. The summed E-state index contributed by atoms with van der Waals surface area (Å²) in [5, 5.41) is 15.3. The number of amides is 2. The second-order valence-electron chi connectivity index (χ2n) is 11.2. The van der Waals surface area contributed by atoms with Crippen molar-refractivity contribution in [2.75, 3.05) is 0 Å². The van der Waals surface area contributed by atoms with Gasteiger partial charge in [0.25, 0.3) is 5.91 Å². The van der Waals surface area contributed by atoms with Crippen LogP contribution in [0.5, 0.6) is 5.75 Å². The number of hydrogen-bond donors (Lipinski definition) is 3. The molecule has 2 heterocycles. The number of carbonyl (C=O) groups is 2. The van der Waals surface area contributed by atoms with Crippen molar-refractivity contribution < 1.29 is 14.3 Å². The molecule has 0 bridgehead atoms. The minimum absolute atomic E-state index is 0.0936. The van der Waals surface area contributed by atoms with Crippen LogP contribution >= 0.6 is 0 Å². The second kappa shape index (κ2) is 10.8. The lowest BCUT2D eigenvalue weighted by Crippen LogP contribution is -2.62. The third-order valence-electron chi connectivity index (χ3n) is 8.91. The maximum absolute atomic E-state index is 13.6. The second-order valence-corrected chi connectivity index (χ2v) is 11.2. The van der Waals surface area contributed by atoms with E-state index in [0.29, 0.717) is 24.8 Å². The normalized spacial score (nSPS) is 21.6. The lowest BCUT2D eigenvalue weighted by atomic mass is 9.73. The molecular weight excluding hydrogens is 488 g/mol. The Bertz CT molecular complexity index is 1280. The predicted octanol–water partition coefficient (Wildman–Crippen LogP) is 5.63. The van der Waals surface area contributed by atoms with Crippen LogP contribution in [0.3, 0.4) is 0 Å². The third-order valence-corrected chi connectivity index (χ3v) is 8.91. The molecule has 2 aromatic carbocycles. The average Bonchev–Trinajstić information content (AvgIpc) is 2.93. The van der Waals surface area contributed by atoms with Gasteiger partial charge in [0.15, 0.2) is 5.96 Å². The number of ether oxygens (including phenoxy) is 1. The molecule has 39 heavy (non-hydrogen) atoms. The number of hydrogen-bond acceptors (Lipinski definition) is 4. The smallest absolute Gasteiger partial charge is 0.251 e. The molecule has 7 heteroatoms. The quantitative estimate of drug-likeness (QED) is 0.389. The molecule has 2 atom stereocenters. The van der Waals surface area contributed by atoms with E-state index >= 15 is 0 Å². The van der Waals surface area contributed by atoms with Crippen molar-refractivity contribution >= 4 is 17.8 Å². The van der Waals surface area contributed by atoms with E-state index in [9.17, 15) is 9.59 Å². The van der Waals surface area contributed by atoms with Gasteiger partial charge in [0.05, 0.1) is 18.5 Å². The molecule has 1 saturated heterocycles. The molecule has 2 amide bonds. The summed E-state index contributed by atoms with van der Waals surface area (Å²) >= 11 is 0. The van der Waals surface area contributed by atoms with Gasteiger partial charge < -0.3 is 15.4 Å². The van der Waals surface area contributed by atoms with Crippen LogP contribution in [0.25, 0.3) is 0 Å². The molecule has 0 unspecified atom stereocenters. The lowest BCUT2D eigenvalue weighted by molar-refractivity contribution is -0.132. The number of carbonyl (C=O) groups excluding carboxylic acids is 2. The Morgan fingerprint density at radius 2 is 2.00 bits per heavy atom. The van der Waals surface area contributed by atoms with Gasteiger partial charge in [-0.2, -0.15) is 0 Å². The van der Waals surface area contributed by atoms with Gasteiger partial charge in [0.2, 0.25) is 5.91 Å². The molecule has 1 saturated carbocycles. The number of terminal acetylenes is 1. The first kappa shape index (κ1) is 26.8. The molecule has 7 nitrogen and oxygen atoms in total. The number of guanidine groups is 1. The minimum Gasteiger partial charge on any atom is -0.487 e. The standard InChI is InChI=1S/C32H38N4O3/c1-4-7-15-26(36-28(37)21-31(5-2,6-3)35-30(36)33)22-12-10-13-23(19-22)29(38)34-25-20-32(17-11-18-32)39-27-16-9-8-14-24(25)27/h1,8-10,12-14,16,19,25-26H,5-7,11,15,17-18,20-21H2,2-3H3,(H2,33,35)(H,34,38)/t25-,26-/m1/s1. The molecule has 0 radical (unpaired) electrons. The summed E-state index contributed by atoms with van der Waals surface area (Å²) < 4.78 is 6.35. The molecule has 2 fully saturated rings. The molecule has 2 aliphatic heterocycles. The van der Waals surface area contributed by atoms with Crippen LogP contribution in [0.1, 0.15) is 105 Å². The molecule has 204 valence electrons. The van der Waals surface area contributed by atoms with E-state index in [4.69, 9.17) is 16.6 Å². The van der Waals surface area contributed by atoms with E-state index in [1.165, 1.54) is 4.90 Å². The van der Waals surface area contributed by atoms with Crippen LogP contribution in [-0.4, -0.2) is 33.8 Å². The number of fused-ring (bicyclic) bond motifs is 1. The minimum atomic E-state index is -0.435. The molecule has 3 N–H and O–H groups in total. The van der Waals surface area contributed by atoms with Gasteiger partial charge >= 0.3 is 0 Å². The number of nitrogens with zero attached hydrogens (tertiary/aromatic N) is 1. The van der Waals surface area contributed by atoms with Crippen molar-refractivity contribution in [1.82, 2.24) is 15.5 Å². The monoisotopic (exact) mass is 526 g/mol. The molecule has 0 aromatic heterocycles. The van der Waals surface area contributed by atoms with E-state index < -0.39 is 11.6 Å². The van der Waals surface area contributed by atoms with Crippen molar-refractivity contribution in [2.24, 2.45) is 0 Å². The third kappa shape index (κ3) is 5.13. The van der Waals surface area contributed by atoms with Crippen molar-refractivity contribution in [1.29, 1.82) is 5.41 Å². The van der Waals surface area contributed by atoms with Crippen LogP contribution in [-0.2, 0) is 4.79 Å². The molecule has 5 rings (SSSR count). The van der Waals surface area contributed by atoms with E-state index in [0.717, 1.165) is 55.4 Å². The SMILES string of the molecule is C#CCC[C@H](c1cccc(C(=O)N[C@@H]2CC3(CCC3)Oc3ccccc32)c1)N1C(=N)NC(CC)(CC)CC1=O. The largest absolute Gasteiger partial charge is 0.487 e. The van der Waals surface area contributed by atoms with Crippen molar-refractivity contribution in [3.63, 3.8) is 0 Å². The van der Waals surface area contributed by atoms with Gasteiger partial charge in [0, 0.05) is 29.5 Å². The highest BCUT2D eigenvalue weighted by molar-refractivity contribution is 6.00. The lowest BCUT2D eigenvalue weighted by Gasteiger charge is -2.48. The van der Waals surface area contributed by atoms with Crippen molar-refractivity contribution in [3.05, 3.63) is 65.2 Å². The summed E-state index contributed by atoms with van der Waals surface area (Å²) in [6.07, 6.45) is 12.3. The molecule has 2 aromatic rings. The van der Waals surface area contributed by atoms with Crippen LogP contribution < -0.4 is 15.4 Å². The van der Waals surface area contributed by atoms with Crippen LogP contribution in [0.15, 0.2) is 48.5 Å². The highest BCUT2D eigenvalue weighted by Crippen LogP contribution is 2.48. The summed E-state index contributed by atoms with van der Waals surface area (Å²) in [7, 11) is 0. The Hall–Kier alpha value is -3.79. The average molecular weight is 527 g/mol. The maximum Gasteiger partial charge on any atom is 0.251 e. The van der Waals surface area contributed by atoms with Gasteiger partial charge in [0.1, 0.15) is 11.4 Å². The van der Waals surface area contributed by atoms with Crippen LogP contribution in [0.2, 0.25) is 0 Å². The first-order chi connectivity index (χ1) is 18.8. The Kier molecular flexibility index (Phi) is 7.40. The molecule has 1 spiro atoms. The fourth-order valence-electron chi connectivity index (χ4n) is 6.28. The molecular formula is C32H38N4O3.